The number of nitrogens with zero attached hydrogens (tertiary/aromatic N) is 2. The average Bonchev–Trinajstić information content (AvgIpc) is 2.68. The molecular formula is C19H15Cl2F3N2O2. The molecule has 28 heavy (non-hydrogen) atoms. The maximum absolute atomic E-state index is 13.1. The number of carbonyl (C=O) groups is 2. The molecular weight excluding hydrogens is 416 g/mol. The molecule has 0 aromatic heterocycles. The van der Waals surface area contributed by atoms with Crippen molar-refractivity contribution in [2.24, 2.45) is 0 Å². The van der Waals surface area contributed by atoms with E-state index in [0.29, 0.717) is 10.6 Å². The fourth-order valence-electron chi connectivity index (χ4n) is 3.01. The quantitative estimate of drug-likeness (QED) is 0.697. The minimum atomic E-state index is -4.61. The maximum Gasteiger partial charge on any atom is 0.417 e. The highest BCUT2D eigenvalue weighted by Crippen LogP contribution is 2.32. The first kappa shape index (κ1) is 20.5. The molecule has 2 amide bonds. The molecule has 0 N–H and O–H groups in total. The van der Waals surface area contributed by atoms with E-state index < -0.39 is 17.6 Å². The van der Waals surface area contributed by atoms with Crippen LogP contribution in [0.3, 0.4) is 0 Å². The summed E-state index contributed by atoms with van der Waals surface area (Å²) in [5.74, 6) is -0.976. The van der Waals surface area contributed by atoms with Gasteiger partial charge in [-0.15, -0.1) is 0 Å². The van der Waals surface area contributed by atoms with Crippen molar-refractivity contribution in [3.63, 3.8) is 0 Å². The van der Waals surface area contributed by atoms with Gasteiger partial charge in [0.15, 0.2) is 0 Å². The summed E-state index contributed by atoms with van der Waals surface area (Å²) in [6, 6.07) is 9.22. The van der Waals surface area contributed by atoms with Gasteiger partial charge in [0.25, 0.3) is 11.8 Å². The predicted molar refractivity (Wildman–Crippen MR) is 99.7 cm³/mol. The Bertz CT molecular complexity index is 910. The lowest BCUT2D eigenvalue weighted by atomic mass is 10.1. The summed E-state index contributed by atoms with van der Waals surface area (Å²) in [6.07, 6.45) is -4.61. The van der Waals surface area contributed by atoms with Gasteiger partial charge in [0.1, 0.15) is 0 Å². The lowest BCUT2D eigenvalue weighted by molar-refractivity contribution is -0.138. The molecule has 1 aliphatic rings. The zero-order valence-electron chi connectivity index (χ0n) is 14.5. The normalized spacial score (nSPS) is 14.9. The Hall–Kier alpha value is -2.25. The summed E-state index contributed by atoms with van der Waals surface area (Å²) in [5, 5.41) is 0.585. The number of amides is 2. The van der Waals surface area contributed by atoms with Crippen LogP contribution in [0.25, 0.3) is 0 Å². The van der Waals surface area contributed by atoms with Gasteiger partial charge < -0.3 is 9.80 Å². The van der Waals surface area contributed by atoms with Crippen LogP contribution < -0.4 is 0 Å². The Morgan fingerprint density at radius 2 is 1.39 bits per heavy atom. The Morgan fingerprint density at radius 1 is 0.821 bits per heavy atom. The summed E-state index contributed by atoms with van der Waals surface area (Å²) < 4.78 is 39.4. The highest BCUT2D eigenvalue weighted by molar-refractivity contribution is 6.42. The first-order valence-electron chi connectivity index (χ1n) is 8.38. The van der Waals surface area contributed by atoms with Crippen LogP contribution in [-0.4, -0.2) is 47.8 Å². The van der Waals surface area contributed by atoms with Gasteiger partial charge >= 0.3 is 6.18 Å². The molecule has 9 heteroatoms. The minimum Gasteiger partial charge on any atom is -0.335 e. The third kappa shape index (κ3) is 4.25. The second-order valence-corrected chi connectivity index (χ2v) is 7.07. The zero-order chi connectivity index (χ0) is 20.5. The SMILES string of the molecule is O=C(c1ccc(Cl)c(Cl)c1)N1CCN(C(=O)c2ccccc2C(F)(F)F)CC1. The van der Waals surface area contributed by atoms with Crippen molar-refractivity contribution in [3.8, 4) is 0 Å². The van der Waals surface area contributed by atoms with E-state index in [2.05, 4.69) is 0 Å². The van der Waals surface area contributed by atoms with Gasteiger partial charge in [0.05, 0.1) is 21.2 Å². The summed E-state index contributed by atoms with van der Waals surface area (Å²) in [6.45, 7) is 0.689. The van der Waals surface area contributed by atoms with Crippen molar-refractivity contribution in [2.45, 2.75) is 6.18 Å². The molecule has 4 nitrogen and oxygen atoms in total. The molecule has 1 heterocycles. The number of halogens is 5. The van der Waals surface area contributed by atoms with Crippen LogP contribution in [0.1, 0.15) is 26.3 Å². The second kappa shape index (κ2) is 8.01. The largest absolute Gasteiger partial charge is 0.417 e. The van der Waals surface area contributed by atoms with E-state index >= 15 is 0 Å². The summed E-state index contributed by atoms with van der Waals surface area (Å²) in [7, 11) is 0. The first-order valence-corrected chi connectivity index (χ1v) is 9.14. The van der Waals surface area contributed by atoms with Crippen LogP contribution in [-0.2, 0) is 6.18 Å². The maximum atomic E-state index is 13.1. The van der Waals surface area contributed by atoms with Crippen LogP contribution >= 0.6 is 23.2 Å². The highest BCUT2D eigenvalue weighted by atomic mass is 35.5. The monoisotopic (exact) mass is 430 g/mol. The Kier molecular flexibility index (Phi) is 5.86. The second-order valence-electron chi connectivity index (χ2n) is 6.26. The van der Waals surface area contributed by atoms with Gasteiger partial charge in [-0.25, -0.2) is 0 Å². The predicted octanol–water partition coefficient (Wildman–Crippen LogP) is 4.61. The number of alkyl halides is 3. The number of hydrogen-bond donors (Lipinski definition) is 0. The van der Waals surface area contributed by atoms with E-state index in [0.717, 1.165) is 6.07 Å². The molecule has 0 atom stereocenters. The van der Waals surface area contributed by atoms with Gasteiger partial charge in [0, 0.05) is 31.7 Å². The van der Waals surface area contributed by atoms with E-state index in [4.69, 9.17) is 23.2 Å². The lowest BCUT2D eigenvalue weighted by Gasteiger charge is -2.35. The van der Waals surface area contributed by atoms with Crippen LogP contribution in [0.15, 0.2) is 42.5 Å². The Labute approximate surface area is 169 Å². The van der Waals surface area contributed by atoms with E-state index in [1.165, 1.54) is 40.1 Å². The molecule has 148 valence electrons. The molecule has 0 radical (unpaired) electrons. The first-order chi connectivity index (χ1) is 13.2. The Balaban J connectivity index is 1.69. The van der Waals surface area contributed by atoms with Gasteiger partial charge in [-0.2, -0.15) is 13.2 Å². The van der Waals surface area contributed by atoms with Gasteiger partial charge in [-0.1, -0.05) is 35.3 Å². The number of piperazine rings is 1. The van der Waals surface area contributed by atoms with E-state index in [1.807, 2.05) is 0 Å². The molecule has 1 fully saturated rings. The van der Waals surface area contributed by atoms with Crippen LogP contribution in [0.4, 0.5) is 13.2 Å². The zero-order valence-corrected chi connectivity index (χ0v) is 16.0. The molecule has 0 unspecified atom stereocenters. The standard InChI is InChI=1S/C19H15Cl2F3N2O2/c20-15-6-5-12(11-16(15)21)17(27)25-7-9-26(10-8-25)18(28)13-3-1-2-4-14(13)19(22,23)24/h1-6,11H,7-10H2. The van der Waals surface area contributed by atoms with Gasteiger partial charge in [-0.05, 0) is 30.3 Å². The van der Waals surface area contributed by atoms with Crippen molar-refractivity contribution in [2.75, 3.05) is 26.2 Å². The van der Waals surface area contributed by atoms with Crippen molar-refractivity contribution in [1.82, 2.24) is 9.80 Å². The minimum absolute atomic E-state index is 0.137. The van der Waals surface area contributed by atoms with E-state index in [9.17, 15) is 22.8 Å². The lowest BCUT2D eigenvalue weighted by Crippen LogP contribution is -2.50. The molecule has 3 rings (SSSR count). The molecule has 2 aromatic rings. The smallest absolute Gasteiger partial charge is 0.335 e. The van der Waals surface area contributed by atoms with Crippen LogP contribution in [0.2, 0.25) is 10.0 Å². The fraction of sp³-hybridized carbons (Fsp3) is 0.263. The van der Waals surface area contributed by atoms with E-state index in [1.54, 1.807) is 6.07 Å². The molecule has 0 saturated carbocycles. The number of rotatable bonds is 2. The third-order valence-electron chi connectivity index (χ3n) is 4.48. The topological polar surface area (TPSA) is 40.6 Å². The third-order valence-corrected chi connectivity index (χ3v) is 5.22. The highest BCUT2D eigenvalue weighted by Gasteiger charge is 2.36. The molecule has 2 aromatic carbocycles. The van der Waals surface area contributed by atoms with Crippen molar-refractivity contribution in [1.29, 1.82) is 0 Å². The number of hydrogen-bond acceptors (Lipinski definition) is 2. The summed E-state index contributed by atoms with van der Waals surface area (Å²) in [5.41, 5.74) is -0.995. The fourth-order valence-corrected chi connectivity index (χ4v) is 3.31. The summed E-state index contributed by atoms with van der Waals surface area (Å²) in [4.78, 5) is 28.0. The van der Waals surface area contributed by atoms with Crippen molar-refractivity contribution >= 4 is 35.0 Å². The summed E-state index contributed by atoms with van der Waals surface area (Å²) >= 11 is 11.8. The molecule has 0 bridgehead atoms. The van der Waals surface area contributed by atoms with Gasteiger partial charge in [-0.3, -0.25) is 9.59 Å². The average molecular weight is 431 g/mol. The van der Waals surface area contributed by atoms with E-state index in [-0.39, 0.29) is 42.7 Å². The van der Waals surface area contributed by atoms with Crippen molar-refractivity contribution in [3.05, 3.63) is 69.2 Å². The molecule has 1 aliphatic heterocycles. The number of carbonyl (C=O) groups excluding carboxylic acids is 2. The molecule has 0 aliphatic carbocycles. The molecule has 1 saturated heterocycles. The Morgan fingerprint density at radius 3 is 1.96 bits per heavy atom. The number of benzene rings is 2. The van der Waals surface area contributed by atoms with Crippen molar-refractivity contribution < 1.29 is 22.8 Å². The van der Waals surface area contributed by atoms with Crippen LogP contribution in [0.5, 0.6) is 0 Å². The van der Waals surface area contributed by atoms with Gasteiger partial charge in [0.2, 0.25) is 0 Å². The van der Waals surface area contributed by atoms with Crippen LogP contribution in [0, 0.1) is 0 Å². The molecule has 0 spiro atoms.